The predicted molar refractivity (Wildman–Crippen MR) is 117 cm³/mol. The number of carbonyl (C=O) groups excluding carboxylic acids is 1. The lowest BCUT2D eigenvalue weighted by atomic mass is 10.2. The molecular weight excluding hydrogens is 422 g/mol. The highest BCUT2D eigenvalue weighted by Crippen LogP contribution is 2.30. The van der Waals surface area contributed by atoms with Crippen LogP contribution >= 0.6 is 23.4 Å². The first-order valence-corrected chi connectivity index (χ1v) is 10.4. The monoisotopic (exact) mass is 437 g/mol. The van der Waals surface area contributed by atoms with Crippen molar-refractivity contribution in [2.45, 2.75) is 5.22 Å². The summed E-state index contributed by atoms with van der Waals surface area (Å²) in [4.78, 5) is 12.4. The van der Waals surface area contributed by atoms with E-state index in [2.05, 4.69) is 15.5 Å². The maximum Gasteiger partial charge on any atom is 0.277 e. The fraction of sp³-hybridized carbons (Fsp3) is 0.0455. The Morgan fingerprint density at radius 1 is 0.967 bits per heavy atom. The summed E-state index contributed by atoms with van der Waals surface area (Å²) in [5.74, 6) is 1.43. The van der Waals surface area contributed by atoms with Crippen LogP contribution in [-0.4, -0.2) is 21.9 Å². The molecule has 0 fully saturated rings. The molecule has 8 heteroatoms. The summed E-state index contributed by atoms with van der Waals surface area (Å²) in [5, 5.41) is 11.6. The smallest absolute Gasteiger partial charge is 0.277 e. The van der Waals surface area contributed by atoms with Crippen LogP contribution in [0.4, 0.5) is 5.69 Å². The fourth-order valence-electron chi connectivity index (χ4n) is 2.60. The van der Waals surface area contributed by atoms with Gasteiger partial charge in [0.2, 0.25) is 11.8 Å². The molecule has 0 aliphatic heterocycles. The van der Waals surface area contributed by atoms with E-state index in [4.69, 9.17) is 20.8 Å². The largest absolute Gasteiger partial charge is 0.455 e. The topological polar surface area (TPSA) is 77.2 Å². The van der Waals surface area contributed by atoms with Gasteiger partial charge in [0.25, 0.3) is 5.22 Å². The van der Waals surface area contributed by atoms with Crippen molar-refractivity contribution in [3.63, 3.8) is 0 Å². The molecule has 0 bridgehead atoms. The molecule has 0 atom stereocenters. The van der Waals surface area contributed by atoms with Gasteiger partial charge in [-0.1, -0.05) is 65.8 Å². The molecule has 4 aromatic rings. The lowest BCUT2D eigenvalue weighted by molar-refractivity contribution is -0.113. The number of amides is 1. The van der Waals surface area contributed by atoms with E-state index in [1.54, 1.807) is 24.3 Å². The summed E-state index contributed by atoms with van der Waals surface area (Å²) in [6.07, 6.45) is 0. The zero-order valence-corrected chi connectivity index (χ0v) is 17.2. The second kappa shape index (κ2) is 9.47. The molecule has 0 saturated carbocycles. The number of para-hydroxylation sites is 3. The molecule has 1 heterocycles. The lowest BCUT2D eigenvalue weighted by Crippen LogP contribution is -2.14. The number of ether oxygens (including phenoxy) is 1. The Bertz CT molecular complexity index is 1150. The van der Waals surface area contributed by atoms with Crippen molar-refractivity contribution in [1.29, 1.82) is 0 Å². The van der Waals surface area contributed by atoms with Gasteiger partial charge in [-0.05, 0) is 36.4 Å². The van der Waals surface area contributed by atoms with Crippen molar-refractivity contribution >= 4 is 35.0 Å². The Balaban J connectivity index is 1.38. The van der Waals surface area contributed by atoms with E-state index < -0.39 is 0 Å². The van der Waals surface area contributed by atoms with Crippen molar-refractivity contribution in [2.24, 2.45) is 0 Å². The Morgan fingerprint density at radius 3 is 2.53 bits per heavy atom. The van der Waals surface area contributed by atoms with Crippen LogP contribution in [0.3, 0.4) is 0 Å². The number of anilines is 1. The van der Waals surface area contributed by atoms with Gasteiger partial charge in [0.05, 0.1) is 22.0 Å². The predicted octanol–water partition coefficient (Wildman–Crippen LogP) is 5.91. The van der Waals surface area contributed by atoms with Crippen LogP contribution < -0.4 is 10.1 Å². The molecule has 0 saturated heterocycles. The van der Waals surface area contributed by atoms with Crippen LogP contribution in [0.25, 0.3) is 11.5 Å². The van der Waals surface area contributed by atoms with E-state index in [1.165, 1.54) is 0 Å². The number of aromatic nitrogens is 2. The van der Waals surface area contributed by atoms with Crippen molar-refractivity contribution in [1.82, 2.24) is 10.2 Å². The molecule has 0 spiro atoms. The molecule has 6 nitrogen and oxygen atoms in total. The van der Waals surface area contributed by atoms with E-state index in [-0.39, 0.29) is 16.9 Å². The summed E-state index contributed by atoms with van der Waals surface area (Å²) in [7, 11) is 0. The molecule has 1 N–H and O–H groups in total. The van der Waals surface area contributed by atoms with Crippen LogP contribution in [0.5, 0.6) is 11.5 Å². The number of thioether (sulfide) groups is 1. The number of hydrogen-bond acceptors (Lipinski definition) is 6. The van der Waals surface area contributed by atoms with Gasteiger partial charge in [-0.15, -0.1) is 10.2 Å². The van der Waals surface area contributed by atoms with Crippen LogP contribution in [0, 0.1) is 0 Å². The minimum absolute atomic E-state index is 0.101. The molecule has 150 valence electrons. The van der Waals surface area contributed by atoms with Gasteiger partial charge < -0.3 is 14.5 Å². The van der Waals surface area contributed by atoms with Gasteiger partial charge in [0.15, 0.2) is 5.75 Å². The minimum Gasteiger partial charge on any atom is -0.455 e. The minimum atomic E-state index is -0.221. The zero-order valence-electron chi connectivity index (χ0n) is 15.6. The van der Waals surface area contributed by atoms with E-state index >= 15 is 0 Å². The normalized spacial score (nSPS) is 10.6. The molecule has 1 amide bonds. The van der Waals surface area contributed by atoms with E-state index in [9.17, 15) is 4.79 Å². The summed E-state index contributed by atoms with van der Waals surface area (Å²) < 4.78 is 11.5. The quantitative estimate of drug-likeness (QED) is 0.362. The van der Waals surface area contributed by atoms with Gasteiger partial charge in [-0.2, -0.15) is 0 Å². The summed E-state index contributed by atoms with van der Waals surface area (Å²) >= 11 is 7.29. The van der Waals surface area contributed by atoms with Crippen LogP contribution in [0.1, 0.15) is 0 Å². The van der Waals surface area contributed by atoms with Gasteiger partial charge >= 0.3 is 0 Å². The van der Waals surface area contributed by atoms with Gasteiger partial charge in [-0.3, -0.25) is 4.79 Å². The van der Waals surface area contributed by atoms with E-state index in [1.807, 2.05) is 54.6 Å². The second-order valence-corrected chi connectivity index (χ2v) is 7.43. The van der Waals surface area contributed by atoms with Gasteiger partial charge in [0.1, 0.15) is 5.75 Å². The van der Waals surface area contributed by atoms with Crippen LogP contribution in [0.2, 0.25) is 5.02 Å². The number of carbonyl (C=O) groups is 1. The molecule has 0 unspecified atom stereocenters. The Labute approximate surface area is 182 Å². The highest BCUT2D eigenvalue weighted by atomic mass is 35.5. The molecular formula is C22H16ClN3O3S. The first-order valence-electron chi connectivity index (χ1n) is 9.02. The van der Waals surface area contributed by atoms with Gasteiger partial charge in [-0.25, -0.2) is 0 Å². The third-order valence-corrected chi connectivity index (χ3v) is 5.12. The highest BCUT2D eigenvalue weighted by Gasteiger charge is 2.14. The Hall–Kier alpha value is -3.29. The standard InChI is InChI=1S/C22H16ClN3O3S/c23-17-11-5-4-10-16(17)21-25-26-22(29-21)30-14-20(27)24-18-12-6-7-13-19(18)28-15-8-2-1-3-9-15/h1-13H,14H2,(H,24,27). The second-order valence-electron chi connectivity index (χ2n) is 6.10. The number of hydrogen-bond donors (Lipinski definition) is 1. The molecule has 0 aliphatic rings. The molecule has 3 aromatic carbocycles. The first-order chi connectivity index (χ1) is 14.7. The number of nitrogens with zero attached hydrogens (tertiary/aromatic N) is 2. The summed E-state index contributed by atoms with van der Waals surface area (Å²) in [5.41, 5.74) is 1.23. The third kappa shape index (κ3) is 5.00. The molecule has 0 radical (unpaired) electrons. The molecule has 0 aliphatic carbocycles. The number of nitrogens with one attached hydrogen (secondary N) is 1. The average molecular weight is 438 g/mol. The number of halogens is 1. The van der Waals surface area contributed by atoms with Crippen molar-refractivity contribution < 1.29 is 13.9 Å². The first kappa shape index (κ1) is 20.0. The van der Waals surface area contributed by atoms with Gasteiger partial charge in [0, 0.05) is 0 Å². The van der Waals surface area contributed by atoms with Crippen LogP contribution in [-0.2, 0) is 4.79 Å². The number of benzene rings is 3. The van der Waals surface area contributed by atoms with E-state index in [0.29, 0.717) is 33.7 Å². The summed E-state index contributed by atoms with van der Waals surface area (Å²) in [6, 6.07) is 23.8. The number of rotatable bonds is 7. The SMILES string of the molecule is O=C(CSc1nnc(-c2ccccc2Cl)o1)Nc1ccccc1Oc1ccccc1. The highest BCUT2D eigenvalue weighted by molar-refractivity contribution is 7.99. The Morgan fingerprint density at radius 2 is 1.70 bits per heavy atom. The fourth-order valence-corrected chi connectivity index (χ4v) is 3.38. The Kier molecular flexibility index (Phi) is 6.32. The van der Waals surface area contributed by atoms with Crippen molar-refractivity contribution in [2.75, 3.05) is 11.1 Å². The molecule has 4 rings (SSSR count). The maximum atomic E-state index is 12.4. The average Bonchev–Trinajstić information content (AvgIpc) is 3.24. The van der Waals surface area contributed by atoms with E-state index in [0.717, 1.165) is 11.8 Å². The zero-order chi connectivity index (χ0) is 20.8. The van der Waals surface area contributed by atoms with Crippen molar-refractivity contribution in [3.8, 4) is 23.0 Å². The molecule has 1 aromatic heterocycles. The molecule has 30 heavy (non-hydrogen) atoms. The summed E-state index contributed by atoms with van der Waals surface area (Å²) in [6.45, 7) is 0. The third-order valence-electron chi connectivity index (χ3n) is 3.97. The lowest BCUT2D eigenvalue weighted by Gasteiger charge is -2.11. The maximum absolute atomic E-state index is 12.4. The van der Waals surface area contributed by atoms with Crippen LogP contribution in [0.15, 0.2) is 88.5 Å². The van der Waals surface area contributed by atoms with Crippen molar-refractivity contribution in [3.05, 3.63) is 83.9 Å².